The smallest absolute Gasteiger partial charge is 0.340 e. The summed E-state index contributed by atoms with van der Waals surface area (Å²) in [6.07, 6.45) is 2.71. The molecule has 1 aromatic heterocycles. The molecule has 1 aliphatic rings. The number of hydrogen-bond acceptors (Lipinski definition) is 5. The van der Waals surface area contributed by atoms with Gasteiger partial charge in [-0.05, 0) is 24.8 Å². The first kappa shape index (κ1) is 13.6. The van der Waals surface area contributed by atoms with Gasteiger partial charge in [0.05, 0.1) is 17.9 Å². The van der Waals surface area contributed by atoms with Gasteiger partial charge < -0.3 is 15.4 Å². The first-order chi connectivity index (χ1) is 8.94. The molecule has 1 saturated heterocycles. The number of nitrogen functional groups attached to an aromatic ring is 1. The summed E-state index contributed by atoms with van der Waals surface area (Å²) in [7, 11) is 0. The van der Waals surface area contributed by atoms with Gasteiger partial charge in [0.1, 0.15) is 0 Å². The predicted octanol–water partition coefficient (Wildman–Crippen LogP) is 2.08. The zero-order valence-electron chi connectivity index (χ0n) is 11.8. The summed E-state index contributed by atoms with van der Waals surface area (Å²) in [6, 6.07) is 1.61. The van der Waals surface area contributed by atoms with Gasteiger partial charge in [-0.25, -0.2) is 9.78 Å². The average molecular weight is 263 g/mol. The second-order valence-electron chi connectivity index (χ2n) is 5.65. The summed E-state index contributed by atoms with van der Waals surface area (Å²) >= 11 is 0. The second-order valence-corrected chi connectivity index (χ2v) is 5.65. The Hall–Kier alpha value is -1.78. The number of esters is 1. The molecule has 19 heavy (non-hydrogen) atoms. The largest absolute Gasteiger partial charge is 0.462 e. The van der Waals surface area contributed by atoms with Gasteiger partial charge in [-0.3, -0.25) is 0 Å². The molecule has 1 aliphatic heterocycles. The van der Waals surface area contributed by atoms with Crippen LogP contribution in [0.5, 0.6) is 0 Å². The number of carbonyl (C=O) groups excluding carboxylic acids is 1. The third-order valence-corrected chi connectivity index (χ3v) is 3.44. The first-order valence-corrected chi connectivity index (χ1v) is 6.61. The van der Waals surface area contributed by atoms with Crippen LogP contribution in [0.25, 0.3) is 0 Å². The summed E-state index contributed by atoms with van der Waals surface area (Å²) in [4.78, 5) is 18.3. The highest BCUT2D eigenvalue weighted by Crippen LogP contribution is 2.34. The number of ether oxygens (including phenoxy) is 1. The van der Waals surface area contributed by atoms with E-state index in [4.69, 9.17) is 10.5 Å². The van der Waals surface area contributed by atoms with Gasteiger partial charge in [-0.1, -0.05) is 13.8 Å². The Balaban J connectivity index is 2.28. The fourth-order valence-corrected chi connectivity index (χ4v) is 2.39. The Morgan fingerprint density at radius 3 is 2.89 bits per heavy atom. The first-order valence-electron chi connectivity index (χ1n) is 6.61. The molecule has 104 valence electrons. The number of aromatic nitrogens is 1. The highest BCUT2D eigenvalue weighted by Gasteiger charge is 2.31. The number of hydrogen-bond donors (Lipinski definition) is 1. The molecule has 0 unspecified atom stereocenters. The maximum Gasteiger partial charge on any atom is 0.340 e. The normalized spacial score (nSPS) is 17.5. The van der Waals surface area contributed by atoms with Crippen molar-refractivity contribution in [2.45, 2.75) is 27.2 Å². The highest BCUT2D eigenvalue weighted by atomic mass is 16.5. The fourth-order valence-electron chi connectivity index (χ4n) is 2.39. The zero-order valence-corrected chi connectivity index (χ0v) is 11.8. The lowest BCUT2D eigenvalue weighted by molar-refractivity contribution is 0.0527. The molecule has 5 heteroatoms. The van der Waals surface area contributed by atoms with Crippen molar-refractivity contribution in [3.63, 3.8) is 0 Å². The van der Waals surface area contributed by atoms with Gasteiger partial charge >= 0.3 is 5.97 Å². The van der Waals surface area contributed by atoms with Crippen molar-refractivity contribution in [2.75, 3.05) is 30.3 Å². The summed E-state index contributed by atoms with van der Waals surface area (Å²) in [5, 5.41) is 0. The minimum Gasteiger partial charge on any atom is -0.462 e. The van der Waals surface area contributed by atoms with Gasteiger partial charge in [-0.2, -0.15) is 0 Å². The topological polar surface area (TPSA) is 68.5 Å². The number of carbonyl (C=O) groups is 1. The third kappa shape index (κ3) is 2.80. The van der Waals surface area contributed by atoms with Crippen molar-refractivity contribution in [2.24, 2.45) is 5.41 Å². The van der Waals surface area contributed by atoms with E-state index in [0.29, 0.717) is 23.7 Å². The summed E-state index contributed by atoms with van der Waals surface area (Å²) in [5.41, 5.74) is 7.15. The second kappa shape index (κ2) is 5.07. The summed E-state index contributed by atoms with van der Waals surface area (Å²) in [5.74, 6) is 0.304. The molecule has 0 aliphatic carbocycles. The van der Waals surface area contributed by atoms with E-state index >= 15 is 0 Å². The maximum absolute atomic E-state index is 11.8. The molecule has 0 amide bonds. The predicted molar refractivity (Wildman–Crippen MR) is 75.2 cm³/mol. The SMILES string of the molecule is CCOC(=O)c1ccnc(N2CCC(C)(C)C2)c1N. The number of pyridine rings is 1. The Kier molecular flexibility index (Phi) is 3.64. The van der Waals surface area contributed by atoms with Crippen LogP contribution in [0, 0.1) is 5.41 Å². The molecule has 2 rings (SSSR count). The van der Waals surface area contributed by atoms with E-state index in [1.807, 2.05) is 0 Å². The molecule has 0 saturated carbocycles. The van der Waals surface area contributed by atoms with Crippen LogP contribution in [0.3, 0.4) is 0 Å². The number of nitrogens with zero attached hydrogens (tertiary/aromatic N) is 2. The lowest BCUT2D eigenvalue weighted by Crippen LogP contribution is -2.25. The van der Waals surface area contributed by atoms with Crippen LogP contribution in [-0.4, -0.2) is 30.6 Å². The number of nitrogens with two attached hydrogens (primary N) is 1. The quantitative estimate of drug-likeness (QED) is 0.846. The van der Waals surface area contributed by atoms with Gasteiger partial charge in [0, 0.05) is 19.3 Å². The van der Waals surface area contributed by atoms with Crippen molar-refractivity contribution in [1.82, 2.24) is 4.98 Å². The zero-order chi connectivity index (χ0) is 14.0. The molecule has 0 aromatic carbocycles. The molecule has 0 radical (unpaired) electrons. The van der Waals surface area contributed by atoms with Crippen LogP contribution in [-0.2, 0) is 4.74 Å². The van der Waals surface area contributed by atoms with Crippen LogP contribution in [0.2, 0.25) is 0 Å². The fraction of sp³-hybridized carbons (Fsp3) is 0.571. The Bertz CT molecular complexity index is 486. The van der Waals surface area contributed by atoms with E-state index in [2.05, 4.69) is 23.7 Å². The molecule has 2 heterocycles. The standard InChI is InChI=1S/C14H21N3O2/c1-4-19-13(18)10-5-7-16-12(11(10)15)17-8-6-14(2,3)9-17/h5,7H,4,6,8-9,15H2,1-3H3. The minimum absolute atomic E-state index is 0.258. The lowest BCUT2D eigenvalue weighted by atomic mass is 9.93. The van der Waals surface area contributed by atoms with E-state index in [-0.39, 0.29) is 11.4 Å². The van der Waals surface area contributed by atoms with Crippen molar-refractivity contribution in [3.8, 4) is 0 Å². The van der Waals surface area contributed by atoms with Crippen LogP contribution in [0.15, 0.2) is 12.3 Å². The molecule has 1 fully saturated rings. The molecule has 0 bridgehead atoms. The Morgan fingerprint density at radius 1 is 1.58 bits per heavy atom. The molecule has 2 N–H and O–H groups in total. The Labute approximate surface area is 113 Å². The summed E-state index contributed by atoms with van der Waals surface area (Å²) < 4.78 is 5.00. The monoisotopic (exact) mass is 263 g/mol. The van der Waals surface area contributed by atoms with Crippen LogP contribution < -0.4 is 10.6 Å². The van der Waals surface area contributed by atoms with Crippen molar-refractivity contribution in [3.05, 3.63) is 17.8 Å². The van der Waals surface area contributed by atoms with Crippen molar-refractivity contribution in [1.29, 1.82) is 0 Å². The molecule has 0 atom stereocenters. The van der Waals surface area contributed by atoms with Crippen LogP contribution in [0.1, 0.15) is 37.6 Å². The van der Waals surface area contributed by atoms with Gasteiger partial charge in [0.15, 0.2) is 5.82 Å². The van der Waals surface area contributed by atoms with E-state index in [1.54, 1.807) is 19.2 Å². The molecule has 0 spiro atoms. The van der Waals surface area contributed by atoms with E-state index in [0.717, 1.165) is 19.5 Å². The van der Waals surface area contributed by atoms with Crippen LogP contribution >= 0.6 is 0 Å². The molecular formula is C14H21N3O2. The molecule has 1 aromatic rings. The third-order valence-electron chi connectivity index (χ3n) is 3.44. The molecular weight excluding hydrogens is 242 g/mol. The van der Waals surface area contributed by atoms with E-state index in [9.17, 15) is 4.79 Å². The molecule has 5 nitrogen and oxygen atoms in total. The lowest BCUT2D eigenvalue weighted by Gasteiger charge is -2.22. The van der Waals surface area contributed by atoms with E-state index in [1.165, 1.54) is 0 Å². The Morgan fingerprint density at radius 2 is 2.32 bits per heavy atom. The van der Waals surface area contributed by atoms with Crippen molar-refractivity contribution < 1.29 is 9.53 Å². The van der Waals surface area contributed by atoms with Crippen LogP contribution in [0.4, 0.5) is 11.5 Å². The van der Waals surface area contributed by atoms with Gasteiger partial charge in [0.2, 0.25) is 0 Å². The maximum atomic E-state index is 11.8. The van der Waals surface area contributed by atoms with Crippen molar-refractivity contribution >= 4 is 17.5 Å². The minimum atomic E-state index is -0.387. The number of anilines is 2. The van der Waals surface area contributed by atoms with Gasteiger partial charge in [-0.15, -0.1) is 0 Å². The summed E-state index contributed by atoms with van der Waals surface area (Å²) in [6.45, 7) is 8.37. The van der Waals surface area contributed by atoms with E-state index < -0.39 is 0 Å². The number of rotatable bonds is 3. The average Bonchev–Trinajstić information content (AvgIpc) is 2.70. The van der Waals surface area contributed by atoms with Gasteiger partial charge in [0.25, 0.3) is 0 Å². The highest BCUT2D eigenvalue weighted by molar-refractivity contribution is 5.97.